The Hall–Kier alpha value is -0.843. The Kier molecular flexibility index (Phi) is 5.42. The summed E-state index contributed by atoms with van der Waals surface area (Å²) in [6, 6.07) is 8.35. The second-order valence-electron chi connectivity index (χ2n) is 5.18. The van der Waals surface area contributed by atoms with Gasteiger partial charge in [0.2, 0.25) is 0 Å². The largest absolute Gasteiger partial charge is 0.487 e. The van der Waals surface area contributed by atoms with Crippen LogP contribution in [0.25, 0.3) is 0 Å². The molecule has 0 saturated heterocycles. The third kappa shape index (κ3) is 3.81. The average molecular weight is 277 g/mol. The normalized spacial score (nSPS) is 27.2. The van der Waals surface area contributed by atoms with Crippen molar-refractivity contribution in [1.82, 2.24) is 0 Å². The second kappa shape index (κ2) is 7.08. The molecule has 1 saturated carbocycles. The number of ether oxygens (including phenoxy) is 1. The van der Waals surface area contributed by atoms with Crippen LogP contribution in [-0.4, -0.2) is 32.7 Å². The molecule has 0 aromatic heterocycles. The number of rotatable bonds is 5. The van der Waals surface area contributed by atoms with Crippen LogP contribution in [0.1, 0.15) is 31.2 Å². The van der Waals surface area contributed by atoms with Crippen molar-refractivity contribution in [3.63, 3.8) is 0 Å². The lowest BCUT2D eigenvalue weighted by Crippen LogP contribution is -2.41. The van der Waals surface area contributed by atoms with Crippen LogP contribution in [0.5, 0.6) is 5.75 Å². The quantitative estimate of drug-likeness (QED) is 0.810. The highest BCUT2D eigenvalue weighted by atomic mass is 28.1. The van der Waals surface area contributed by atoms with Gasteiger partial charge in [-0.2, -0.15) is 0 Å². The van der Waals surface area contributed by atoms with Crippen molar-refractivity contribution >= 4 is 10.2 Å². The molecule has 3 radical (unpaired) electrons. The molecule has 103 valence electrons. The summed E-state index contributed by atoms with van der Waals surface area (Å²) in [5, 5.41) is 19.2. The molecule has 4 heteroatoms. The molecule has 1 aromatic carbocycles. The maximum atomic E-state index is 10.1. The Morgan fingerprint density at radius 2 is 1.95 bits per heavy atom. The van der Waals surface area contributed by atoms with Gasteiger partial charge in [-0.05, 0) is 42.9 Å². The van der Waals surface area contributed by atoms with Gasteiger partial charge in [0, 0.05) is 10.2 Å². The summed E-state index contributed by atoms with van der Waals surface area (Å²) in [5.41, 5.74) is 0.869. The fourth-order valence-corrected chi connectivity index (χ4v) is 3.10. The maximum Gasteiger partial charge on any atom is 0.127 e. The van der Waals surface area contributed by atoms with Crippen LogP contribution in [0.15, 0.2) is 24.3 Å². The lowest BCUT2D eigenvalue weighted by molar-refractivity contribution is -0.0296. The van der Waals surface area contributed by atoms with E-state index in [9.17, 15) is 5.11 Å². The lowest BCUT2D eigenvalue weighted by atomic mass is 9.82. The zero-order chi connectivity index (χ0) is 13.7. The van der Waals surface area contributed by atoms with E-state index < -0.39 is 0 Å². The molecule has 3 nitrogen and oxygen atoms in total. The predicted molar refractivity (Wildman–Crippen MR) is 75.3 cm³/mol. The highest BCUT2D eigenvalue weighted by Gasteiger charge is 2.33. The number of aliphatic hydroxyl groups is 2. The average Bonchev–Trinajstić information content (AvgIpc) is 2.44. The zero-order valence-corrected chi connectivity index (χ0v) is 12.1. The van der Waals surface area contributed by atoms with E-state index in [0.717, 1.165) is 43.0 Å². The number of aliphatic hydroxyl groups excluding tert-OH is 2. The van der Waals surface area contributed by atoms with Gasteiger partial charge in [0.25, 0.3) is 0 Å². The zero-order valence-electron chi connectivity index (χ0n) is 11.1. The maximum absolute atomic E-state index is 10.1. The number of benzene rings is 1. The van der Waals surface area contributed by atoms with E-state index >= 15 is 0 Å². The molecule has 19 heavy (non-hydrogen) atoms. The molecule has 1 aromatic rings. The first kappa shape index (κ1) is 14.6. The van der Waals surface area contributed by atoms with Crippen LogP contribution in [-0.2, 0) is 6.61 Å². The summed E-state index contributed by atoms with van der Waals surface area (Å²) < 4.78 is 5.98. The third-order valence-electron chi connectivity index (χ3n) is 3.81. The molecule has 0 aliphatic heterocycles. The molecule has 0 spiro atoms. The van der Waals surface area contributed by atoms with E-state index in [0.29, 0.717) is 5.92 Å². The Morgan fingerprint density at radius 3 is 2.58 bits per heavy atom. The van der Waals surface area contributed by atoms with Crippen molar-refractivity contribution in [3.8, 4) is 5.75 Å². The topological polar surface area (TPSA) is 49.7 Å². The Labute approximate surface area is 118 Å². The highest BCUT2D eigenvalue weighted by Crippen LogP contribution is 2.31. The summed E-state index contributed by atoms with van der Waals surface area (Å²) in [7, 11) is 3.52. The van der Waals surface area contributed by atoms with Gasteiger partial charge in [-0.15, -0.1) is 0 Å². The lowest BCUT2D eigenvalue weighted by Gasteiger charge is -2.35. The van der Waals surface area contributed by atoms with Gasteiger partial charge in [0.05, 0.1) is 12.7 Å². The first-order chi connectivity index (χ1) is 9.24. The summed E-state index contributed by atoms with van der Waals surface area (Å²) in [6.07, 6.45) is 3.52. The fourth-order valence-electron chi connectivity index (χ4n) is 2.73. The molecule has 1 aliphatic rings. The van der Waals surface area contributed by atoms with Crippen molar-refractivity contribution in [2.45, 2.75) is 50.5 Å². The SMILES string of the molecule is OCc1ccc(OC2C(O)CCCC2CC[Si])cc1. The second-order valence-corrected chi connectivity index (χ2v) is 5.68. The molecule has 0 bridgehead atoms. The van der Waals surface area contributed by atoms with E-state index in [1.807, 2.05) is 24.3 Å². The van der Waals surface area contributed by atoms with Crippen LogP contribution in [0.3, 0.4) is 0 Å². The van der Waals surface area contributed by atoms with Crippen molar-refractivity contribution in [2.75, 3.05) is 0 Å². The molecule has 3 unspecified atom stereocenters. The van der Waals surface area contributed by atoms with Gasteiger partial charge in [0.1, 0.15) is 11.9 Å². The molecule has 1 aliphatic carbocycles. The third-order valence-corrected chi connectivity index (χ3v) is 4.10. The van der Waals surface area contributed by atoms with E-state index in [4.69, 9.17) is 9.84 Å². The van der Waals surface area contributed by atoms with Gasteiger partial charge < -0.3 is 14.9 Å². The minimum atomic E-state index is -0.380. The predicted octanol–water partition coefficient (Wildman–Crippen LogP) is 2.06. The smallest absolute Gasteiger partial charge is 0.127 e. The summed E-state index contributed by atoms with van der Waals surface area (Å²) in [6.45, 7) is 0.0400. The van der Waals surface area contributed by atoms with E-state index in [1.165, 1.54) is 0 Å². The monoisotopic (exact) mass is 277 g/mol. The standard InChI is InChI=1S/C15H21O3Si/c16-10-11-4-6-13(7-5-11)18-15-12(8-9-19)2-1-3-14(15)17/h4-7,12,14-17H,1-3,8-10H2. The molecule has 2 rings (SSSR count). The van der Waals surface area contributed by atoms with Crippen LogP contribution < -0.4 is 4.74 Å². The first-order valence-corrected chi connectivity index (χ1v) is 7.64. The van der Waals surface area contributed by atoms with Crippen LogP contribution in [0.4, 0.5) is 0 Å². The molecule has 0 heterocycles. The molecular formula is C15H21O3Si. The van der Waals surface area contributed by atoms with Gasteiger partial charge in [-0.3, -0.25) is 0 Å². The van der Waals surface area contributed by atoms with Crippen molar-refractivity contribution in [3.05, 3.63) is 29.8 Å². The highest BCUT2D eigenvalue weighted by molar-refractivity contribution is 6.08. The van der Waals surface area contributed by atoms with Crippen LogP contribution in [0.2, 0.25) is 6.04 Å². The van der Waals surface area contributed by atoms with Gasteiger partial charge in [0.15, 0.2) is 0 Å². The van der Waals surface area contributed by atoms with Crippen molar-refractivity contribution in [2.24, 2.45) is 5.92 Å². The fraction of sp³-hybridized carbons (Fsp3) is 0.600. The van der Waals surface area contributed by atoms with E-state index in [1.54, 1.807) is 0 Å². The molecule has 1 fully saturated rings. The minimum absolute atomic E-state index is 0.0400. The van der Waals surface area contributed by atoms with Crippen molar-refractivity contribution in [1.29, 1.82) is 0 Å². The molecule has 3 atom stereocenters. The summed E-state index contributed by atoms with van der Waals surface area (Å²) in [5.74, 6) is 1.17. The Morgan fingerprint density at radius 1 is 1.21 bits per heavy atom. The molecular weight excluding hydrogens is 256 g/mol. The van der Waals surface area contributed by atoms with Crippen LogP contribution in [0, 0.1) is 5.92 Å². The minimum Gasteiger partial charge on any atom is -0.487 e. The molecule has 2 N–H and O–H groups in total. The summed E-state index contributed by atoms with van der Waals surface area (Å²) >= 11 is 0. The van der Waals surface area contributed by atoms with E-state index in [2.05, 4.69) is 10.2 Å². The number of hydrogen-bond donors (Lipinski definition) is 2. The van der Waals surface area contributed by atoms with Gasteiger partial charge in [-0.25, -0.2) is 0 Å². The van der Waals surface area contributed by atoms with Gasteiger partial charge >= 0.3 is 0 Å². The first-order valence-electron chi connectivity index (χ1n) is 6.93. The Bertz CT molecular complexity index is 377. The number of hydrogen-bond acceptors (Lipinski definition) is 3. The Balaban J connectivity index is 2.04. The van der Waals surface area contributed by atoms with E-state index in [-0.39, 0.29) is 18.8 Å². The summed E-state index contributed by atoms with van der Waals surface area (Å²) in [4.78, 5) is 0. The van der Waals surface area contributed by atoms with Crippen molar-refractivity contribution < 1.29 is 14.9 Å². The van der Waals surface area contributed by atoms with Gasteiger partial charge in [-0.1, -0.05) is 24.6 Å². The van der Waals surface area contributed by atoms with Crippen LogP contribution >= 0.6 is 0 Å². The molecule has 0 amide bonds.